The molecule has 1 heterocycles. The van der Waals surface area contributed by atoms with Gasteiger partial charge in [-0.15, -0.1) is 12.3 Å². The van der Waals surface area contributed by atoms with Gasteiger partial charge in [-0.3, -0.25) is 0 Å². The van der Waals surface area contributed by atoms with E-state index >= 15 is 0 Å². The molecule has 0 radical (unpaired) electrons. The SMILES string of the molecule is C#CCCCn1ccc2cc(OC)ccc21. The molecule has 0 aliphatic rings. The second kappa shape index (κ2) is 4.76. The maximum absolute atomic E-state index is 5.24. The van der Waals surface area contributed by atoms with Gasteiger partial charge in [-0.1, -0.05) is 0 Å². The van der Waals surface area contributed by atoms with Gasteiger partial charge in [-0.2, -0.15) is 0 Å². The van der Waals surface area contributed by atoms with Gasteiger partial charge in [0.25, 0.3) is 0 Å². The highest BCUT2D eigenvalue weighted by Gasteiger charge is 2.01. The molecule has 0 unspecified atom stereocenters. The summed E-state index contributed by atoms with van der Waals surface area (Å²) in [5.41, 5.74) is 1.23. The summed E-state index contributed by atoms with van der Waals surface area (Å²) < 4.78 is 7.42. The fourth-order valence-corrected chi connectivity index (χ4v) is 1.85. The lowest BCUT2D eigenvalue weighted by Crippen LogP contribution is -1.95. The van der Waals surface area contributed by atoms with Crippen molar-refractivity contribution in [2.75, 3.05) is 7.11 Å². The summed E-state index contributed by atoms with van der Waals surface area (Å²) in [6.07, 6.45) is 9.19. The van der Waals surface area contributed by atoms with E-state index in [1.165, 1.54) is 10.9 Å². The van der Waals surface area contributed by atoms with Gasteiger partial charge >= 0.3 is 0 Å². The van der Waals surface area contributed by atoms with Crippen LogP contribution in [0.1, 0.15) is 12.8 Å². The number of rotatable bonds is 4. The summed E-state index contributed by atoms with van der Waals surface area (Å²) in [7, 11) is 1.69. The molecular formula is C14H15NO. The Morgan fingerprint density at radius 1 is 1.38 bits per heavy atom. The minimum Gasteiger partial charge on any atom is -0.497 e. The van der Waals surface area contributed by atoms with E-state index in [0.29, 0.717) is 0 Å². The number of benzene rings is 1. The molecular weight excluding hydrogens is 198 g/mol. The van der Waals surface area contributed by atoms with Crippen molar-refractivity contribution in [2.45, 2.75) is 19.4 Å². The third kappa shape index (κ3) is 2.04. The zero-order valence-corrected chi connectivity index (χ0v) is 9.44. The number of aryl methyl sites for hydroxylation is 1. The number of fused-ring (bicyclic) bond motifs is 1. The Morgan fingerprint density at radius 3 is 3.00 bits per heavy atom. The van der Waals surface area contributed by atoms with Gasteiger partial charge in [0.2, 0.25) is 0 Å². The number of hydrogen-bond donors (Lipinski definition) is 0. The number of methoxy groups -OCH3 is 1. The van der Waals surface area contributed by atoms with Crippen LogP contribution in [0.3, 0.4) is 0 Å². The van der Waals surface area contributed by atoms with Crippen molar-refractivity contribution >= 4 is 10.9 Å². The molecule has 0 amide bonds. The monoisotopic (exact) mass is 213 g/mol. The minimum atomic E-state index is 0.829. The van der Waals surface area contributed by atoms with Crippen LogP contribution in [-0.2, 0) is 6.54 Å². The molecule has 0 aliphatic carbocycles. The number of terminal acetylenes is 1. The molecule has 0 atom stereocenters. The fraction of sp³-hybridized carbons (Fsp3) is 0.286. The quantitative estimate of drug-likeness (QED) is 0.562. The highest BCUT2D eigenvalue weighted by molar-refractivity contribution is 5.81. The van der Waals surface area contributed by atoms with Gasteiger partial charge in [-0.05, 0) is 30.7 Å². The predicted octanol–water partition coefficient (Wildman–Crippen LogP) is 3.06. The van der Waals surface area contributed by atoms with Crippen LogP contribution >= 0.6 is 0 Å². The Bertz CT molecular complexity index is 519. The van der Waals surface area contributed by atoms with Crippen molar-refractivity contribution < 1.29 is 4.74 Å². The minimum absolute atomic E-state index is 0.829. The Balaban J connectivity index is 2.24. The van der Waals surface area contributed by atoms with Crippen LogP contribution in [0.25, 0.3) is 10.9 Å². The average Bonchev–Trinajstić information content (AvgIpc) is 2.72. The van der Waals surface area contributed by atoms with E-state index in [9.17, 15) is 0 Å². The van der Waals surface area contributed by atoms with Crippen molar-refractivity contribution in [2.24, 2.45) is 0 Å². The molecule has 2 nitrogen and oxygen atoms in total. The lowest BCUT2D eigenvalue weighted by Gasteiger charge is -2.04. The largest absolute Gasteiger partial charge is 0.497 e. The van der Waals surface area contributed by atoms with Crippen LogP contribution < -0.4 is 4.74 Å². The first kappa shape index (κ1) is 10.6. The Labute approximate surface area is 95.8 Å². The third-order valence-corrected chi connectivity index (χ3v) is 2.70. The zero-order chi connectivity index (χ0) is 11.4. The average molecular weight is 213 g/mol. The van der Waals surface area contributed by atoms with E-state index in [1.807, 2.05) is 12.1 Å². The predicted molar refractivity (Wildman–Crippen MR) is 66.6 cm³/mol. The van der Waals surface area contributed by atoms with Gasteiger partial charge in [0.05, 0.1) is 7.11 Å². The summed E-state index contributed by atoms with van der Waals surface area (Å²) in [6.45, 7) is 0.972. The zero-order valence-electron chi connectivity index (χ0n) is 9.44. The fourth-order valence-electron chi connectivity index (χ4n) is 1.85. The van der Waals surface area contributed by atoms with Crippen molar-refractivity contribution in [3.05, 3.63) is 30.5 Å². The first-order chi connectivity index (χ1) is 7.85. The summed E-state index contributed by atoms with van der Waals surface area (Å²) in [5, 5.41) is 1.21. The van der Waals surface area contributed by atoms with Crippen LogP contribution in [0.15, 0.2) is 30.5 Å². The third-order valence-electron chi connectivity index (χ3n) is 2.70. The molecule has 2 rings (SSSR count). The van der Waals surface area contributed by atoms with Crippen molar-refractivity contribution in [1.29, 1.82) is 0 Å². The molecule has 0 saturated carbocycles. The van der Waals surface area contributed by atoms with Crippen molar-refractivity contribution in [3.8, 4) is 18.1 Å². The molecule has 0 spiro atoms. The van der Waals surface area contributed by atoms with Crippen LogP contribution in [0.5, 0.6) is 5.75 Å². The molecule has 16 heavy (non-hydrogen) atoms. The Morgan fingerprint density at radius 2 is 2.25 bits per heavy atom. The first-order valence-corrected chi connectivity index (χ1v) is 5.41. The molecule has 2 aromatic rings. The number of ether oxygens (including phenoxy) is 1. The molecule has 0 N–H and O–H groups in total. The van der Waals surface area contributed by atoms with Gasteiger partial charge in [0.1, 0.15) is 5.75 Å². The van der Waals surface area contributed by atoms with E-state index in [2.05, 4.69) is 28.8 Å². The normalized spacial score (nSPS) is 10.2. The first-order valence-electron chi connectivity index (χ1n) is 5.41. The summed E-state index contributed by atoms with van der Waals surface area (Å²) in [6, 6.07) is 8.23. The smallest absolute Gasteiger partial charge is 0.119 e. The van der Waals surface area contributed by atoms with E-state index in [1.54, 1.807) is 7.11 Å². The van der Waals surface area contributed by atoms with E-state index in [4.69, 9.17) is 11.2 Å². The highest BCUT2D eigenvalue weighted by Crippen LogP contribution is 2.22. The van der Waals surface area contributed by atoms with Crippen molar-refractivity contribution in [3.63, 3.8) is 0 Å². The lowest BCUT2D eigenvalue weighted by atomic mass is 10.2. The number of nitrogens with zero attached hydrogens (tertiary/aromatic N) is 1. The summed E-state index contributed by atoms with van der Waals surface area (Å²) in [5.74, 6) is 3.56. The van der Waals surface area contributed by atoms with Gasteiger partial charge < -0.3 is 9.30 Å². The highest BCUT2D eigenvalue weighted by atomic mass is 16.5. The molecule has 0 bridgehead atoms. The van der Waals surface area contributed by atoms with Gasteiger partial charge in [-0.25, -0.2) is 0 Å². The molecule has 1 aromatic carbocycles. The van der Waals surface area contributed by atoms with Crippen LogP contribution in [0, 0.1) is 12.3 Å². The number of hydrogen-bond acceptors (Lipinski definition) is 1. The van der Waals surface area contributed by atoms with Crippen molar-refractivity contribution in [1.82, 2.24) is 4.57 Å². The van der Waals surface area contributed by atoms with E-state index in [-0.39, 0.29) is 0 Å². The van der Waals surface area contributed by atoms with E-state index in [0.717, 1.165) is 25.1 Å². The summed E-state index contributed by atoms with van der Waals surface area (Å²) >= 11 is 0. The molecule has 82 valence electrons. The number of aromatic nitrogens is 1. The summed E-state index contributed by atoms with van der Waals surface area (Å²) in [4.78, 5) is 0. The van der Waals surface area contributed by atoms with Gasteiger partial charge in [0.15, 0.2) is 0 Å². The number of unbranched alkanes of at least 4 members (excludes halogenated alkanes) is 1. The molecule has 1 aromatic heterocycles. The second-order valence-electron chi connectivity index (χ2n) is 3.74. The van der Waals surface area contributed by atoms with E-state index < -0.39 is 0 Å². The lowest BCUT2D eigenvalue weighted by molar-refractivity contribution is 0.415. The topological polar surface area (TPSA) is 14.2 Å². The Hall–Kier alpha value is -1.88. The molecule has 0 saturated heterocycles. The van der Waals surface area contributed by atoms with Crippen LogP contribution in [-0.4, -0.2) is 11.7 Å². The maximum Gasteiger partial charge on any atom is 0.119 e. The Kier molecular flexibility index (Phi) is 3.16. The van der Waals surface area contributed by atoms with Gasteiger partial charge in [0, 0.05) is 30.1 Å². The maximum atomic E-state index is 5.24. The molecule has 2 heteroatoms. The molecule has 0 fully saturated rings. The molecule has 0 aliphatic heterocycles. The second-order valence-corrected chi connectivity index (χ2v) is 3.74. The standard InChI is InChI=1S/C14H15NO/c1-3-4-5-9-15-10-8-12-11-13(16-2)6-7-14(12)15/h1,6-8,10-11H,4-5,9H2,2H3. The van der Waals surface area contributed by atoms with Crippen LogP contribution in [0.4, 0.5) is 0 Å². The van der Waals surface area contributed by atoms with Crippen LogP contribution in [0.2, 0.25) is 0 Å².